The van der Waals surface area contributed by atoms with Crippen molar-refractivity contribution in [2.45, 2.75) is 6.67 Å². The Balaban J connectivity index is 0.000000747. The summed E-state index contributed by atoms with van der Waals surface area (Å²) in [6.45, 7) is -0.696. The van der Waals surface area contributed by atoms with Gasteiger partial charge in [0.15, 0.2) is 0 Å². The van der Waals surface area contributed by atoms with Crippen LogP contribution in [-0.4, -0.2) is 23.4 Å². The molecule has 0 saturated heterocycles. The first-order valence-corrected chi connectivity index (χ1v) is 11.3. The number of hydrogen-bond donors (Lipinski definition) is 3. The summed E-state index contributed by atoms with van der Waals surface area (Å²) in [5, 5.41) is 4.16. The van der Waals surface area contributed by atoms with Crippen LogP contribution in [0.2, 0.25) is 0 Å². The number of aromatic nitrogens is 2. The first kappa shape index (κ1) is 25.2. The van der Waals surface area contributed by atoms with E-state index in [1.54, 1.807) is 31.4 Å². The number of anilines is 2. The molecule has 5 rings (SSSR count). The second-order valence-electron chi connectivity index (χ2n) is 7.72. The number of nitrogens with one attached hydrogen (secondary N) is 2. The predicted molar refractivity (Wildman–Crippen MR) is 142 cm³/mol. The van der Waals surface area contributed by atoms with Crippen molar-refractivity contribution in [2.24, 2.45) is 10.7 Å². The van der Waals surface area contributed by atoms with E-state index in [1.165, 1.54) is 30.6 Å². The van der Waals surface area contributed by atoms with Gasteiger partial charge in [-0.25, -0.2) is 13.8 Å². The maximum absolute atomic E-state index is 13.6. The average molecular weight is 502 g/mol. The standard InChI is InChI=1S/C26H19F2N3O2.C2H6N2/c27-16-17-15-20(5-10-24(17)32-21-6-1-18(28)2-7-21)31-19-3-8-22(9-4-19)33-25-12-14-30-26-23(25)11-13-29-26;1-4-2-3/h1-15,31H,16H2,(H,29,30);2H,1H3,(H2,3,4). The molecular formula is C28H25F2N5O2. The summed E-state index contributed by atoms with van der Waals surface area (Å²) in [5.41, 5.74) is 7.42. The zero-order chi connectivity index (χ0) is 26.0. The summed E-state index contributed by atoms with van der Waals surface area (Å²) < 4.78 is 38.4. The molecule has 9 heteroatoms. The minimum absolute atomic E-state index is 0.359. The van der Waals surface area contributed by atoms with E-state index >= 15 is 0 Å². The molecule has 0 fully saturated rings. The van der Waals surface area contributed by atoms with Gasteiger partial charge in [-0.2, -0.15) is 0 Å². The van der Waals surface area contributed by atoms with Crippen LogP contribution in [0.5, 0.6) is 23.0 Å². The fraction of sp³-hybridized carbons (Fsp3) is 0.0714. The molecule has 0 bridgehead atoms. The molecule has 2 heterocycles. The Morgan fingerprint density at radius 3 is 2.24 bits per heavy atom. The summed E-state index contributed by atoms with van der Waals surface area (Å²) in [6.07, 6.45) is 4.76. The van der Waals surface area contributed by atoms with Gasteiger partial charge in [-0.3, -0.25) is 4.99 Å². The lowest BCUT2D eigenvalue weighted by Crippen LogP contribution is -1.95. The summed E-state index contributed by atoms with van der Waals surface area (Å²) in [4.78, 5) is 10.7. The molecule has 0 spiro atoms. The van der Waals surface area contributed by atoms with Crippen molar-refractivity contribution in [3.63, 3.8) is 0 Å². The summed E-state index contributed by atoms with van der Waals surface area (Å²) in [7, 11) is 1.62. The molecular weight excluding hydrogens is 476 g/mol. The van der Waals surface area contributed by atoms with Crippen LogP contribution < -0.4 is 20.5 Å². The third-order valence-electron chi connectivity index (χ3n) is 5.19. The van der Waals surface area contributed by atoms with E-state index in [2.05, 4.69) is 20.3 Å². The number of benzene rings is 3. The number of H-pyrrole nitrogens is 1. The van der Waals surface area contributed by atoms with E-state index in [4.69, 9.17) is 15.2 Å². The molecule has 7 nitrogen and oxygen atoms in total. The number of alkyl halides is 1. The third kappa shape index (κ3) is 6.61. The Morgan fingerprint density at radius 2 is 1.57 bits per heavy atom. The molecule has 3 aromatic carbocycles. The molecule has 0 radical (unpaired) electrons. The normalized spacial score (nSPS) is 10.7. The highest BCUT2D eigenvalue weighted by atomic mass is 19.1. The molecule has 0 atom stereocenters. The van der Waals surface area contributed by atoms with Crippen LogP contribution >= 0.6 is 0 Å². The van der Waals surface area contributed by atoms with Crippen LogP contribution in [0.4, 0.5) is 20.2 Å². The zero-order valence-electron chi connectivity index (χ0n) is 20.0. The summed E-state index contributed by atoms with van der Waals surface area (Å²) >= 11 is 0. The van der Waals surface area contributed by atoms with E-state index in [1.807, 2.05) is 42.6 Å². The summed E-state index contributed by atoms with van der Waals surface area (Å²) in [5.74, 6) is 1.86. The van der Waals surface area contributed by atoms with Gasteiger partial charge in [-0.1, -0.05) is 0 Å². The van der Waals surface area contributed by atoms with Gasteiger partial charge in [0.05, 0.1) is 11.7 Å². The fourth-order valence-corrected chi connectivity index (χ4v) is 3.42. The van der Waals surface area contributed by atoms with Gasteiger partial charge in [0, 0.05) is 36.4 Å². The second kappa shape index (κ2) is 12.2. The number of ether oxygens (including phenoxy) is 2. The molecule has 4 N–H and O–H groups in total. The molecule has 0 unspecified atom stereocenters. The average Bonchev–Trinajstić information content (AvgIpc) is 3.42. The third-order valence-corrected chi connectivity index (χ3v) is 5.19. The summed E-state index contributed by atoms with van der Waals surface area (Å²) in [6, 6.07) is 21.9. The molecule has 0 aliphatic rings. The maximum Gasteiger partial charge on any atom is 0.140 e. The van der Waals surface area contributed by atoms with Gasteiger partial charge in [0.2, 0.25) is 0 Å². The number of rotatable bonds is 7. The Hall–Kier alpha value is -4.92. The lowest BCUT2D eigenvalue weighted by atomic mass is 10.2. The van der Waals surface area contributed by atoms with Gasteiger partial charge in [-0.05, 0) is 78.9 Å². The number of pyridine rings is 1. The Labute approximate surface area is 212 Å². The van der Waals surface area contributed by atoms with Crippen molar-refractivity contribution < 1.29 is 18.3 Å². The monoisotopic (exact) mass is 501 g/mol. The van der Waals surface area contributed by atoms with Crippen molar-refractivity contribution in [3.05, 3.63) is 103 Å². The Morgan fingerprint density at radius 1 is 0.919 bits per heavy atom. The van der Waals surface area contributed by atoms with E-state index in [0.717, 1.165) is 16.7 Å². The number of fused-ring (bicyclic) bond motifs is 1. The Kier molecular flexibility index (Phi) is 8.28. The first-order chi connectivity index (χ1) is 18.1. The lowest BCUT2D eigenvalue weighted by molar-refractivity contribution is 0.439. The highest BCUT2D eigenvalue weighted by molar-refractivity contribution is 5.82. The molecule has 0 amide bonds. The van der Waals surface area contributed by atoms with Crippen molar-refractivity contribution in [1.29, 1.82) is 0 Å². The molecule has 0 aliphatic heterocycles. The predicted octanol–water partition coefficient (Wildman–Crippen LogP) is 7.10. The molecule has 37 heavy (non-hydrogen) atoms. The smallest absolute Gasteiger partial charge is 0.140 e. The molecule has 5 aromatic rings. The van der Waals surface area contributed by atoms with Crippen LogP contribution in [-0.2, 0) is 6.67 Å². The number of nitrogens with zero attached hydrogens (tertiary/aromatic N) is 2. The number of halogens is 2. The van der Waals surface area contributed by atoms with E-state index in [0.29, 0.717) is 34.2 Å². The van der Waals surface area contributed by atoms with Gasteiger partial charge in [0.25, 0.3) is 0 Å². The Bertz CT molecular complexity index is 1460. The van der Waals surface area contributed by atoms with Crippen LogP contribution in [0.3, 0.4) is 0 Å². The highest BCUT2D eigenvalue weighted by Gasteiger charge is 2.09. The zero-order valence-corrected chi connectivity index (χ0v) is 20.0. The van der Waals surface area contributed by atoms with Crippen LogP contribution in [0, 0.1) is 5.82 Å². The van der Waals surface area contributed by atoms with E-state index < -0.39 is 6.67 Å². The second-order valence-corrected chi connectivity index (χ2v) is 7.72. The van der Waals surface area contributed by atoms with Gasteiger partial charge in [0.1, 0.15) is 41.1 Å². The van der Waals surface area contributed by atoms with Crippen molar-refractivity contribution in [2.75, 3.05) is 12.4 Å². The van der Waals surface area contributed by atoms with E-state index in [9.17, 15) is 8.78 Å². The number of aromatic amines is 1. The number of hydrogen-bond acceptors (Lipinski definition) is 5. The minimum Gasteiger partial charge on any atom is -0.457 e. The maximum atomic E-state index is 13.6. The van der Waals surface area contributed by atoms with Crippen molar-refractivity contribution in [3.8, 4) is 23.0 Å². The van der Waals surface area contributed by atoms with Gasteiger partial charge >= 0.3 is 0 Å². The topological polar surface area (TPSA) is 97.5 Å². The molecule has 2 aromatic heterocycles. The van der Waals surface area contributed by atoms with Crippen LogP contribution in [0.15, 0.2) is 96.2 Å². The highest BCUT2D eigenvalue weighted by Crippen LogP contribution is 2.32. The van der Waals surface area contributed by atoms with Crippen LogP contribution in [0.1, 0.15) is 5.56 Å². The molecule has 0 aliphatic carbocycles. The van der Waals surface area contributed by atoms with Crippen LogP contribution in [0.25, 0.3) is 11.0 Å². The molecule has 188 valence electrons. The lowest BCUT2D eigenvalue weighted by Gasteiger charge is -2.13. The number of aliphatic imine (C=N–C) groups is 1. The van der Waals surface area contributed by atoms with E-state index in [-0.39, 0.29) is 5.82 Å². The fourth-order valence-electron chi connectivity index (χ4n) is 3.42. The first-order valence-electron chi connectivity index (χ1n) is 11.3. The van der Waals surface area contributed by atoms with Gasteiger partial charge < -0.3 is 25.5 Å². The van der Waals surface area contributed by atoms with Crippen molar-refractivity contribution in [1.82, 2.24) is 9.97 Å². The van der Waals surface area contributed by atoms with Gasteiger partial charge in [-0.15, -0.1) is 0 Å². The quantitative estimate of drug-likeness (QED) is 0.163. The minimum atomic E-state index is -0.696. The van der Waals surface area contributed by atoms with Crippen molar-refractivity contribution >= 4 is 28.7 Å². The molecule has 0 saturated carbocycles. The SMILES string of the molecule is CN=CN.FCc1cc(Nc2ccc(Oc3ccnc4[nH]ccc34)cc2)ccc1Oc1ccc(F)cc1. The largest absolute Gasteiger partial charge is 0.457 e. The number of nitrogens with two attached hydrogens (primary N) is 1.